The van der Waals surface area contributed by atoms with Crippen LogP contribution >= 0.6 is 0 Å². The molecule has 0 spiro atoms. The third-order valence-corrected chi connectivity index (χ3v) is 11.1. The Kier molecular flexibility index (Phi) is 7.04. The first-order chi connectivity index (χ1) is 23.2. The molecule has 0 bridgehead atoms. The van der Waals surface area contributed by atoms with Crippen LogP contribution in [0.2, 0.25) is 0 Å². The fourth-order valence-electron chi connectivity index (χ4n) is 8.83. The maximum absolute atomic E-state index is 5.15. The van der Waals surface area contributed by atoms with Crippen LogP contribution in [0.1, 0.15) is 53.8 Å². The fraction of sp³-hybridized carbons (Fsp3) is 0.222. The lowest BCUT2D eigenvalue weighted by atomic mass is 9.59. The van der Waals surface area contributed by atoms with Crippen molar-refractivity contribution in [2.45, 2.75) is 38.6 Å². The van der Waals surface area contributed by atoms with Gasteiger partial charge in [-0.15, -0.1) is 0 Å². The van der Waals surface area contributed by atoms with Crippen molar-refractivity contribution in [1.29, 1.82) is 0 Å². The molecule has 0 aliphatic heterocycles. The van der Waals surface area contributed by atoms with E-state index in [1.54, 1.807) is 11.1 Å². The zero-order valence-corrected chi connectivity index (χ0v) is 27.0. The van der Waals surface area contributed by atoms with Crippen LogP contribution in [0.5, 0.6) is 0 Å². The SMILES string of the molecule is C[C@@H]1CC=CC=C1c1nc2ccccc2n1Cc1ccc(C2C3CC=CC=C3C(C3C=Cc4ccccc4C3)=C3C=CC=C[C@@H]32)cc1. The van der Waals surface area contributed by atoms with Gasteiger partial charge in [0.2, 0.25) is 0 Å². The molecule has 0 saturated carbocycles. The molecule has 4 aromatic rings. The highest BCUT2D eigenvalue weighted by atomic mass is 15.1. The molecule has 47 heavy (non-hydrogen) atoms. The quantitative estimate of drug-likeness (QED) is 0.220. The Balaban J connectivity index is 1.07. The Morgan fingerprint density at radius 1 is 0.766 bits per heavy atom. The Morgan fingerprint density at radius 3 is 2.47 bits per heavy atom. The van der Waals surface area contributed by atoms with E-state index < -0.39 is 0 Å². The van der Waals surface area contributed by atoms with E-state index in [9.17, 15) is 0 Å². The van der Waals surface area contributed by atoms with E-state index in [2.05, 4.69) is 157 Å². The van der Waals surface area contributed by atoms with Crippen LogP contribution in [0.15, 0.2) is 156 Å². The second-order valence-electron chi connectivity index (χ2n) is 13.9. The van der Waals surface area contributed by atoms with Gasteiger partial charge in [0.05, 0.1) is 11.0 Å². The first-order valence-corrected chi connectivity index (χ1v) is 17.4. The van der Waals surface area contributed by atoms with E-state index >= 15 is 0 Å². The summed E-state index contributed by atoms with van der Waals surface area (Å²) in [6, 6.07) is 27.1. The van der Waals surface area contributed by atoms with Gasteiger partial charge in [-0.25, -0.2) is 4.98 Å². The van der Waals surface area contributed by atoms with E-state index in [-0.39, 0.29) is 0 Å². The van der Waals surface area contributed by atoms with Gasteiger partial charge in [0, 0.05) is 24.3 Å². The molecule has 5 aliphatic rings. The van der Waals surface area contributed by atoms with Crippen molar-refractivity contribution in [1.82, 2.24) is 9.55 Å². The summed E-state index contributed by atoms with van der Waals surface area (Å²) in [4.78, 5) is 5.15. The smallest absolute Gasteiger partial charge is 0.137 e. The number of aromatic nitrogens is 2. The van der Waals surface area contributed by atoms with Gasteiger partial charge in [0.15, 0.2) is 0 Å². The van der Waals surface area contributed by atoms with E-state index in [1.807, 2.05) is 0 Å². The number of imidazole rings is 1. The lowest BCUT2D eigenvalue weighted by Gasteiger charge is -2.45. The van der Waals surface area contributed by atoms with Gasteiger partial charge >= 0.3 is 0 Å². The summed E-state index contributed by atoms with van der Waals surface area (Å²) in [5.74, 6) is 3.21. The Hall–Kier alpha value is -4.95. The van der Waals surface area contributed by atoms with Crippen LogP contribution < -0.4 is 0 Å². The predicted octanol–water partition coefficient (Wildman–Crippen LogP) is 10.6. The summed E-state index contributed by atoms with van der Waals surface area (Å²) < 4.78 is 2.43. The van der Waals surface area contributed by atoms with Crippen molar-refractivity contribution in [2.24, 2.45) is 23.7 Å². The molecule has 2 heteroatoms. The molecule has 5 atom stereocenters. The van der Waals surface area contributed by atoms with Gasteiger partial charge in [0.1, 0.15) is 5.82 Å². The van der Waals surface area contributed by atoms with Gasteiger partial charge in [-0.05, 0) is 87.8 Å². The van der Waals surface area contributed by atoms with Crippen molar-refractivity contribution in [3.8, 4) is 0 Å². The van der Waals surface area contributed by atoms with Crippen molar-refractivity contribution in [3.05, 3.63) is 184 Å². The molecule has 0 saturated heterocycles. The lowest BCUT2D eigenvalue weighted by Crippen LogP contribution is -2.33. The summed E-state index contributed by atoms with van der Waals surface area (Å²) in [6.45, 7) is 3.12. The average Bonchev–Trinajstić information content (AvgIpc) is 3.48. The van der Waals surface area contributed by atoms with Crippen molar-refractivity contribution >= 4 is 22.7 Å². The topological polar surface area (TPSA) is 17.8 Å². The fourth-order valence-corrected chi connectivity index (χ4v) is 8.83. The molecule has 9 rings (SSSR count). The molecule has 5 aliphatic carbocycles. The summed E-state index contributed by atoms with van der Waals surface area (Å²) in [5, 5.41) is 0. The molecule has 0 amide bonds. The Labute approximate surface area is 278 Å². The average molecular weight is 609 g/mol. The normalized spacial score (nSPS) is 25.8. The highest BCUT2D eigenvalue weighted by Gasteiger charge is 2.42. The second-order valence-corrected chi connectivity index (χ2v) is 13.9. The Bertz CT molecular complexity index is 2120. The highest BCUT2D eigenvalue weighted by molar-refractivity contribution is 5.81. The molecule has 0 N–H and O–H groups in total. The summed E-state index contributed by atoms with van der Waals surface area (Å²) in [5.41, 5.74) is 13.8. The number of nitrogens with zero attached hydrogens (tertiary/aromatic N) is 2. The first-order valence-electron chi connectivity index (χ1n) is 17.4. The number of benzene rings is 3. The van der Waals surface area contributed by atoms with Gasteiger partial charge < -0.3 is 4.57 Å². The molecule has 0 radical (unpaired) electrons. The first kappa shape index (κ1) is 28.3. The summed E-state index contributed by atoms with van der Waals surface area (Å²) >= 11 is 0. The summed E-state index contributed by atoms with van der Waals surface area (Å²) in [6.07, 6.45) is 31.2. The van der Waals surface area contributed by atoms with Gasteiger partial charge in [-0.3, -0.25) is 0 Å². The molecule has 2 nitrogen and oxygen atoms in total. The van der Waals surface area contributed by atoms with Crippen LogP contribution in [0.3, 0.4) is 0 Å². The van der Waals surface area contributed by atoms with E-state index in [0.717, 1.165) is 37.1 Å². The minimum absolute atomic E-state index is 0.372. The van der Waals surface area contributed by atoms with Crippen LogP contribution in [-0.2, 0) is 13.0 Å². The van der Waals surface area contributed by atoms with Crippen LogP contribution in [0.4, 0.5) is 0 Å². The third-order valence-electron chi connectivity index (χ3n) is 11.1. The molecule has 230 valence electrons. The summed E-state index contributed by atoms with van der Waals surface area (Å²) in [7, 11) is 0. The number of para-hydroxylation sites is 2. The maximum Gasteiger partial charge on any atom is 0.137 e. The van der Waals surface area contributed by atoms with Crippen LogP contribution in [0, 0.1) is 23.7 Å². The molecular weight excluding hydrogens is 569 g/mol. The van der Waals surface area contributed by atoms with E-state index in [0.29, 0.717) is 29.6 Å². The third kappa shape index (κ3) is 4.90. The Morgan fingerprint density at radius 2 is 1.57 bits per heavy atom. The maximum atomic E-state index is 5.15. The molecule has 3 aromatic carbocycles. The molecule has 0 fully saturated rings. The number of rotatable bonds is 5. The van der Waals surface area contributed by atoms with Crippen LogP contribution in [0.25, 0.3) is 22.7 Å². The van der Waals surface area contributed by atoms with Gasteiger partial charge in [-0.1, -0.05) is 140 Å². The van der Waals surface area contributed by atoms with Gasteiger partial charge in [-0.2, -0.15) is 0 Å². The largest absolute Gasteiger partial charge is 0.320 e. The number of allylic oxidation sites excluding steroid dienone is 15. The van der Waals surface area contributed by atoms with E-state index in [4.69, 9.17) is 4.98 Å². The van der Waals surface area contributed by atoms with E-state index in [1.165, 1.54) is 38.9 Å². The zero-order valence-electron chi connectivity index (χ0n) is 27.0. The monoisotopic (exact) mass is 608 g/mol. The molecular formula is C45H40N2. The number of hydrogen-bond acceptors (Lipinski definition) is 1. The van der Waals surface area contributed by atoms with Crippen LogP contribution in [-0.4, -0.2) is 9.55 Å². The predicted molar refractivity (Wildman–Crippen MR) is 196 cm³/mol. The number of hydrogen-bond donors (Lipinski definition) is 0. The second kappa shape index (κ2) is 11.7. The van der Waals surface area contributed by atoms with Gasteiger partial charge in [0.25, 0.3) is 0 Å². The van der Waals surface area contributed by atoms with Crippen molar-refractivity contribution in [3.63, 3.8) is 0 Å². The van der Waals surface area contributed by atoms with Crippen molar-refractivity contribution < 1.29 is 0 Å². The number of fused-ring (bicyclic) bond motifs is 4. The molecule has 1 aromatic heterocycles. The van der Waals surface area contributed by atoms with Crippen molar-refractivity contribution in [2.75, 3.05) is 0 Å². The lowest BCUT2D eigenvalue weighted by molar-refractivity contribution is 0.397. The molecule has 1 heterocycles. The minimum Gasteiger partial charge on any atom is -0.320 e. The standard InChI is InChI=1S/C45H40N2/c1-30-12-2-5-15-36(30)45-46-41-20-10-11-21-42(41)47(45)29-31-22-24-33(25-23-31)43-37-16-6-8-18-39(37)44(40-19-9-7-17-38(40)43)35-27-26-32-13-3-4-14-34(32)28-35/h2-11,13-16,18-27,30,35,37-38,43H,12,17,28-29H2,1H3/t30-,35?,37+,38?,43?/m1/s1. The molecule has 3 unspecified atom stereocenters. The minimum atomic E-state index is 0.372. The zero-order chi connectivity index (χ0) is 31.3. The highest BCUT2D eigenvalue weighted by Crippen LogP contribution is 2.54.